The lowest BCUT2D eigenvalue weighted by atomic mass is 10.0. The summed E-state index contributed by atoms with van der Waals surface area (Å²) in [5.74, 6) is 0.606. The van der Waals surface area contributed by atoms with Crippen LogP contribution in [-0.2, 0) is 25.9 Å². The van der Waals surface area contributed by atoms with Crippen molar-refractivity contribution in [3.8, 4) is 5.75 Å². The molecular formula is C32H39N7O2. The smallest absolute Gasteiger partial charge is 0.256 e. The number of phenols is 1. The summed E-state index contributed by atoms with van der Waals surface area (Å²) in [6, 6.07) is 22.7. The molecule has 9 nitrogen and oxygen atoms in total. The lowest BCUT2D eigenvalue weighted by molar-refractivity contribution is 0.100. The molecule has 0 spiro atoms. The molecule has 1 aliphatic heterocycles. The molecule has 1 aliphatic rings. The van der Waals surface area contributed by atoms with Crippen LogP contribution in [0.25, 0.3) is 0 Å². The van der Waals surface area contributed by atoms with Crippen molar-refractivity contribution in [1.29, 1.82) is 0 Å². The van der Waals surface area contributed by atoms with E-state index < -0.39 is 5.91 Å². The van der Waals surface area contributed by atoms with Crippen molar-refractivity contribution in [3.63, 3.8) is 0 Å². The van der Waals surface area contributed by atoms with Gasteiger partial charge in [-0.1, -0.05) is 56.3 Å². The van der Waals surface area contributed by atoms with E-state index in [1.54, 1.807) is 0 Å². The maximum Gasteiger partial charge on any atom is 0.256 e. The van der Waals surface area contributed by atoms with E-state index in [9.17, 15) is 9.90 Å². The van der Waals surface area contributed by atoms with Crippen LogP contribution in [0.2, 0.25) is 0 Å². The van der Waals surface area contributed by atoms with Crippen molar-refractivity contribution >= 4 is 28.9 Å². The summed E-state index contributed by atoms with van der Waals surface area (Å²) in [5, 5.41) is 24.1. The number of piperazine rings is 1. The molecule has 0 bridgehead atoms. The number of aromatic hydroxyl groups is 1. The number of nitrogens with two attached hydrogens (primary N) is 1. The summed E-state index contributed by atoms with van der Waals surface area (Å²) in [6.45, 7) is 9.45. The maximum atomic E-state index is 12.4. The number of rotatable bonds is 11. The van der Waals surface area contributed by atoms with Crippen LogP contribution in [0.4, 0.5) is 23.0 Å². The standard InChI is InChI=1S/C32H39N7O2/c1-3-24-18-23(19-25(4-2)29(24)40)20-34-31-28(30(33)41)32(37-36-31)35-26-10-12-27(13-11-26)39-16-14-38(15-17-39)21-22-8-6-5-7-9-22/h5-13,18-19,40H,3-4,14-17,20-21H2,1-2H3,(H2,33,41)(H3,34,35,36,37). The summed E-state index contributed by atoms with van der Waals surface area (Å²) in [6.07, 6.45) is 1.47. The highest BCUT2D eigenvalue weighted by Gasteiger charge is 2.20. The van der Waals surface area contributed by atoms with Crippen molar-refractivity contribution in [3.05, 3.63) is 94.5 Å². The Balaban J connectivity index is 1.21. The number of aromatic nitrogens is 2. The third kappa shape index (κ3) is 6.63. The van der Waals surface area contributed by atoms with Gasteiger partial charge in [0, 0.05) is 50.6 Å². The van der Waals surface area contributed by atoms with Gasteiger partial charge in [0.25, 0.3) is 5.91 Å². The van der Waals surface area contributed by atoms with E-state index in [1.165, 1.54) is 11.3 Å². The van der Waals surface area contributed by atoms with E-state index in [4.69, 9.17) is 5.73 Å². The van der Waals surface area contributed by atoms with Crippen molar-refractivity contribution in [2.75, 3.05) is 41.7 Å². The number of phenolic OH excluding ortho intramolecular Hbond substituents is 1. The minimum absolute atomic E-state index is 0.272. The van der Waals surface area contributed by atoms with Gasteiger partial charge in [-0.25, -0.2) is 0 Å². The molecule has 0 atom stereocenters. The van der Waals surface area contributed by atoms with Crippen LogP contribution in [0.5, 0.6) is 5.75 Å². The summed E-state index contributed by atoms with van der Waals surface area (Å²) in [5.41, 5.74) is 12.2. The molecule has 3 aromatic carbocycles. The number of hydrogen-bond acceptors (Lipinski definition) is 7. The van der Waals surface area contributed by atoms with Gasteiger partial charge in [-0.05, 0) is 59.4 Å². The molecule has 0 saturated carbocycles. The topological polar surface area (TPSA) is 123 Å². The highest BCUT2D eigenvalue weighted by atomic mass is 16.3. The largest absolute Gasteiger partial charge is 0.507 e. The van der Waals surface area contributed by atoms with Gasteiger partial charge >= 0.3 is 0 Å². The molecule has 9 heteroatoms. The van der Waals surface area contributed by atoms with Crippen molar-refractivity contribution in [2.24, 2.45) is 5.73 Å². The molecular weight excluding hydrogens is 514 g/mol. The summed E-state index contributed by atoms with van der Waals surface area (Å²) in [4.78, 5) is 17.3. The number of carbonyl (C=O) groups excluding carboxylic acids is 1. The number of carbonyl (C=O) groups is 1. The normalized spacial score (nSPS) is 13.8. The number of nitrogens with one attached hydrogen (secondary N) is 3. The predicted octanol–water partition coefficient (Wildman–Crippen LogP) is 5.02. The van der Waals surface area contributed by atoms with E-state index in [2.05, 4.69) is 73.1 Å². The lowest BCUT2D eigenvalue weighted by Crippen LogP contribution is -2.45. The minimum Gasteiger partial charge on any atom is -0.507 e. The Labute approximate surface area is 241 Å². The molecule has 0 aliphatic carbocycles. The van der Waals surface area contributed by atoms with Gasteiger partial charge in [0.05, 0.1) is 0 Å². The van der Waals surface area contributed by atoms with E-state index in [1.807, 2.05) is 38.1 Å². The quantitative estimate of drug-likeness (QED) is 0.177. The number of hydrogen-bond donors (Lipinski definition) is 5. The third-order valence-corrected chi connectivity index (χ3v) is 7.69. The van der Waals surface area contributed by atoms with Crippen LogP contribution in [0.15, 0.2) is 66.7 Å². The predicted molar refractivity (Wildman–Crippen MR) is 165 cm³/mol. The first-order valence-electron chi connectivity index (χ1n) is 14.3. The fourth-order valence-electron chi connectivity index (χ4n) is 5.36. The Hall–Kier alpha value is -4.50. The fourth-order valence-corrected chi connectivity index (χ4v) is 5.36. The zero-order chi connectivity index (χ0) is 28.8. The number of benzene rings is 3. The van der Waals surface area contributed by atoms with E-state index in [-0.39, 0.29) is 5.56 Å². The highest BCUT2D eigenvalue weighted by Crippen LogP contribution is 2.29. The SMILES string of the molecule is CCc1cc(CNc2[nH]nc(Nc3ccc(N4CCN(Cc5ccccc5)CC4)cc3)c2C(N)=O)cc(CC)c1O. The van der Waals surface area contributed by atoms with E-state index in [0.717, 1.165) is 67.9 Å². The van der Waals surface area contributed by atoms with Crippen molar-refractivity contribution in [2.45, 2.75) is 39.8 Å². The monoisotopic (exact) mass is 553 g/mol. The molecule has 2 heterocycles. The average molecular weight is 554 g/mol. The molecule has 4 aromatic rings. The number of aryl methyl sites for hydroxylation is 2. The van der Waals surface area contributed by atoms with Crippen molar-refractivity contribution < 1.29 is 9.90 Å². The Morgan fingerprint density at radius 1 is 0.951 bits per heavy atom. The second kappa shape index (κ2) is 12.8. The molecule has 6 N–H and O–H groups in total. The zero-order valence-corrected chi connectivity index (χ0v) is 23.8. The van der Waals surface area contributed by atoms with Gasteiger partial charge in [-0.15, -0.1) is 0 Å². The van der Waals surface area contributed by atoms with Crippen LogP contribution < -0.4 is 21.3 Å². The average Bonchev–Trinajstić information content (AvgIpc) is 3.40. The van der Waals surface area contributed by atoms with Crippen LogP contribution >= 0.6 is 0 Å². The summed E-state index contributed by atoms with van der Waals surface area (Å²) in [7, 11) is 0. The molecule has 5 rings (SSSR count). The van der Waals surface area contributed by atoms with Crippen LogP contribution in [0.3, 0.4) is 0 Å². The summed E-state index contributed by atoms with van der Waals surface area (Å²) >= 11 is 0. The van der Waals surface area contributed by atoms with E-state index in [0.29, 0.717) is 23.9 Å². The van der Waals surface area contributed by atoms with Gasteiger partial charge in [0.15, 0.2) is 5.82 Å². The first-order valence-corrected chi connectivity index (χ1v) is 14.3. The maximum absolute atomic E-state index is 12.4. The lowest BCUT2D eigenvalue weighted by Gasteiger charge is -2.36. The number of aromatic amines is 1. The number of anilines is 4. The fraction of sp³-hybridized carbons (Fsp3) is 0.312. The second-order valence-electron chi connectivity index (χ2n) is 10.4. The molecule has 41 heavy (non-hydrogen) atoms. The molecule has 0 radical (unpaired) electrons. The first-order chi connectivity index (χ1) is 19.9. The molecule has 1 fully saturated rings. The Morgan fingerprint density at radius 2 is 1.61 bits per heavy atom. The van der Waals surface area contributed by atoms with Gasteiger partial charge < -0.3 is 26.4 Å². The van der Waals surface area contributed by atoms with Gasteiger partial charge in [-0.2, -0.15) is 5.10 Å². The van der Waals surface area contributed by atoms with Crippen LogP contribution in [-0.4, -0.2) is 52.3 Å². The molecule has 1 aromatic heterocycles. The number of primary amides is 1. The zero-order valence-electron chi connectivity index (χ0n) is 23.8. The van der Waals surface area contributed by atoms with Crippen LogP contribution in [0.1, 0.15) is 46.5 Å². The van der Waals surface area contributed by atoms with Gasteiger partial charge in [0.1, 0.15) is 17.1 Å². The van der Waals surface area contributed by atoms with E-state index >= 15 is 0 Å². The molecule has 0 unspecified atom stereocenters. The first kappa shape index (κ1) is 28.0. The number of nitrogens with zero attached hydrogens (tertiary/aromatic N) is 3. The Bertz CT molecular complexity index is 1430. The van der Waals surface area contributed by atoms with Gasteiger partial charge in [-0.3, -0.25) is 14.8 Å². The summed E-state index contributed by atoms with van der Waals surface area (Å²) < 4.78 is 0. The molecule has 1 saturated heterocycles. The Kier molecular flexibility index (Phi) is 8.74. The third-order valence-electron chi connectivity index (χ3n) is 7.69. The van der Waals surface area contributed by atoms with Gasteiger partial charge in [0.2, 0.25) is 0 Å². The minimum atomic E-state index is -0.581. The Morgan fingerprint density at radius 3 is 2.22 bits per heavy atom. The highest BCUT2D eigenvalue weighted by molar-refractivity contribution is 6.03. The van der Waals surface area contributed by atoms with Crippen molar-refractivity contribution in [1.82, 2.24) is 15.1 Å². The molecule has 214 valence electrons. The van der Waals surface area contributed by atoms with Crippen LogP contribution in [0, 0.1) is 0 Å². The number of H-pyrrole nitrogens is 1. The number of amides is 1. The second-order valence-corrected chi connectivity index (χ2v) is 10.4. The molecule has 1 amide bonds.